The lowest BCUT2D eigenvalue weighted by Crippen LogP contribution is -2.53. The molecule has 3 rings (SSSR count). The average molecular weight is 504 g/mol. The highest BCUT2D eigenvalue weighted by molar-refractivity contribution is 5.90. The number of hydrogen-bond donors (Lipinski definition) is 3. The SMILES string of the molecule is COC(=O)C(CC1CCNC1=O)NC(=O)C(CC(C)C)NC(=O)OC1(Cc2cccc(OC)c2)CC1. The summed E-state index contributed by atoms with van der Waals surface area (Å²) in [6.07, 6.45) is 2.39. The van der Waals surface area contributed by atoms with E-state index < -0.39 is 35.7 Å². The van der Waals surface area contributed by atoms with Gasteiger partial charge in [0.2, 0.25) is 11.8 Å². The Kier molecular flexibility index (Phi) is 9.17. The molecule has 1 aromatic rings. The lowest BCUT2D eigenvalue weighted by atomic mass is 9.97. The summed E-state index contributed by atoms with van der Waals surface area (Å²) in [5, 5.41) is 8.09. The van der Waals surface area contributed by atoms with Gasteiger partial charge in [-0.15, -0.1) is 0 Å². The fourth-order valence-electron chi connectivity index (χ4n) is 4.46. The van der Waals surface area contributed by atoms with Gasteiger partial charge in [0.15, 0.2) is 0 Å². The number of benzene rings is 1. The molecule has 1 heterocycles. The topological polar surface area (TPSA) is 132 Å². The van der Waals surface area contributed by atoms with Crippen molar-refractivity contribution >= 4 is 23.9 Å². The van der Waals surface area contributed by atoms with E-state index in [-0.39, 0.29) is 24.2 Å². The van der Waals surface area contributed by atoms with Crippen LogP contribution in [0, 0.1) is 11.8 Å². The van der Waals surface area contributed by atoms with Crippen LogP contribution in [-0.2, 0) is 30.3 Å². The van der Waals surface area contributed by atoms with Crippen molar-refractivity contribution in [1.29, 1.82) is 0 Å². The van der Waals surface area contributed by atoms with Gasteiger partial charge in [-0.25, -0.2) is 9.59 Å². The molecule has 0 aromatic heterocycles. The van der Waals surface area contributed by atoms with Crippen molar-refractivity contribution in [3.63, 3.8) is 0 Å². The standard InChI is InChI=1S/C26H37N3O7/c1-16(2)12-20(23(31)28-21(24(32)35-4)14-18-8-11-27-22(18)30)29-25(33)36-26(9-10-26)15-17-6-5-7-19(13-17)34-3/h5-7,13,16,18,20-21H,8-12,14-15H2,1-4H3,(H,27,30)(H,28,31)(H,29,33). The Hall–Kier alpha value is -3.30. The molecule has 10 nitrogen and oxygen atoms in total. The quantitative estimate of drug-likeness (QED) is 0.372. The summed E-state index contributed by atoms with van der Waals surface area (Å²) in [5.41, 5.74) is 0.382. The van der Waals surface area contributed by atoms with E-state index in [4.69, 9.17) is 14.2 Å². The van der Waals surface area contributed by atoms with Crippen LogP contribution in [0.2, 0.25) is 0 Å². The first-order chi connectivity index (χ1) is 17.1. The van der Waals surface area contributed by atoms with Crippen molar-refractivity contribution in [2.24, 2.45) is 11.8 Å². The van der Waals surface area contributed by atoms with Gasteiger partial charge in [-0.1, -0.05) is 26.0 Å². The Morgan fingerprint density at radius 1 is 1.14 bits per heavy atom. The number of carbonyl (C=O) groups excluding carboxylic acids is 4. The maximum atomic E-state index is 13.1. The summed E-state index contributed by atoms with van der Waals surface area (Å²) in [5.74, 6) is -0.871. The Morgan fingerprint density at radius 2 is 1.89 bits per heavy atom. The Balaban J connectivity index is 1.62. The molecule has 1 aliphatic carbocycles. The van der Waals surface area contributed by atoms with E-state index in [1.807, 2.05) is 38.1 Å². The van der Waals surface area contributed by atoms with Crippen molar-refractivity contribution < 1.29 is 33.4 Å². The van der Waals surface area contributed by atoms with Gasteiger partial charge in [0, 0.05) is 18.9 Å². The number of rotatable bonds is 12. The van der Waals surface area contributed by atoms with Crippen LogP contribution in [-0.4, -0.2) is 62.3 Å². The van der Waals surface area contributed by atoms with E-state index in [1.165, 1.54) is 7.11 Å². The van der Waals surface area contributed by atoms with Gasteiger partial charge in [0.05, 0.1) is 14.2 Å². The summed E-state index contributed by atoms with van der Waals surface area (Å²) in [7, 11) is 2.83. The van der Waals surface area contributed by atoms with E-state index in [0.717, 1.165) is 24.2 Å². The third kappa shape index (κ3) is 7.60. The van der Waals surface area contributed by atoms with Crippen molar-refractivity contribution in [3.8, 4) is 5.75 Å². The summed E-state index contributed by atoms with van der Waals surface area (Å²) < 4.78 is 15.9. The van der Waals surface area contributed by atoms with Crippen molar-refractivity contribution in [1.82, 2.24) is 16.0 Å². The molecule has 3 N–H and O–H groups in total. The molecule has 2 aliphatic rings. The van der Waals surface area contributed by atoms with Gasteiger partial charge in [-0.3, -0.25) is 9.59 Å². The van der Waals surface area contributed by atoms with E-state index in [0.29, 0.717) is 25.8 Å². The molecule has 3 amide bonds. The highest BCUT2D eigenvalue weighted by Crippen LogP contribution is 2.43. The third-order valence-corrected chi connectivity index (χ3v) is 6.58. The van der Waals surface area contributed by atoms with Crippen LogP contribution in [0.15, 0.2) is 24.3 Å². The van der Waals surface area contributed by atoms with Gasteiger partial charge in [0.25, 0.3) is 0 Å². The molecular weight excluding hydrogens is 466 g/mol. The average Bonchev–Trinajstić information content (AvgIpc) is 3.46. The molecule has 1 aromatic carbocycles. The molecule has 1 saturated carbocycles. The van der Waals surface area contributed by atoms with Crippen molar-refractivity contribution in [3.05, 3.63) is 29.8 Å². The van der Waals surface area contributed by atoms with Crippen LogP contribution in [0.1, 0.15) is 51.5 Å². The monoisotopic (exact) mass is 503 g/mol. The second-order valence-electron chi connectivity index (χ2n) is 10.0. The van der Waals surface area contributed by atoms with Crippen LogP contribution in [0.3, 0.4) is 0 Å². The van der Waals surface area contributed by atoms with Gasteiger partial charge >= 0.3 is 12.1 Å². The highest BCUT2D eigenvalue weighted by Gasteiger charge is 2.47. The summed E-state index contributed by atoms with van der Waals surface area (Å²) in [6, 6.07) is 5.71. The van der Waals surface area contributed by atoms with E-state index in [2.05, 4.69) is 16.0 Å². The molecule has 1 aliphatic heterocycles. The molecule has 0 bridgehead atoms. The number of esters is 1. The summed E-state index contributed by atoms with van der Waals surface area (Å²) in [6.45, 7) is 4.39. The summed E-state index contributed by atoms with van der Waals surface area (Å²) >= 11 is 0. The molecular formula is C26H37N3O7. The van der Waals surface area contributed by atoms with Gasteiger partial charge < -0.3 is 30.2 Å². The predicted molar refractivity (Wildman–Crippen MR) is 131 cm³/mol. The lowest BCUT2D eigenvalue weighted by Gasteiger charge is -2.25. The Morgan fingerprint density at radius 3 is 2.47 bits per heavy atom. The van der Waals surface area contributed by atoms with Crippen LogP contribution < -0.4 is 20.7 Å². The molecule has 198 valence electrons. The molecule has 10 heteroatoms. The fraction of sp³-hybridized carbons (Fsp3) is 0.615. The second kappa shape index (κ2) is 12.1. The zero-order valence-corrected chi connectivity index (χ0v) is 21.4. The number of hydrogen-bond acceptors (Lipinski definition) is 7. The molecule has 3 atom stereocenters. The normalized spacial score (nSPS) is 19.6. The van der Waals surface area contributed by atoms with Gasteiger partial charge in [0.1, 0.15) is 23.4 Å². The summed E-state index contributed by atoms with van der Waals surface area (Å²) in [4.78, 5) is 50.3. The van der Waals surface area contributed by atoms with Crippen LogP contribution in [0.4, 0.5) is 4.79 Å². The molecule has 36 heavy (non-hydrogen) atoms. The van der Waals surface area contributed by atoms with Crippen LogP contribution in [0.5, 0.6) is 5.75 Å². The number of methoxy groups -OCH3 is 2. The molecule has 0 spiro atoms. The Bertz CT molecular complexity index is 961. The minimum Gasteiger partial charge on any atom is -0.497 e. The molecule has 0 radical (unpaired) electrons. The van der Waals surface area contributed by atoms with Crippen molar-refractivity contribution in [2.75, 3.05) is 20.8 Å². The zero-order valence-electron chi connectivity index (χ0n) is 21.4. The minimum absolute atomic E-state index is 0.0879. The van der Waals surface area contributed by atoms with Crippen LogP contribution in [0.25, 0.3) is 0 Å². The van der Waals surface area contributed by atoms with E-state index in [1.54, 1.807) is 7.11 Å². The minimum atomic E-state index is -0.994. The number of alkyl carbamates (subject to hydrolysis) is 1. The zero-order chi connectivity index (χ0) is 26.3. The number of amides is 3. The van der Waals surface area contributed by atoms with Gasteiger partial charge in [-0.2, -0.15) is 0 Å². The number of carbonyl (C=O) groups is 4. The molecule has 2 fully saturated rings. The first-order valence-corrected chi connectivity index (χ1v) is 12.4. The highest BCUT2D eigenvalue weighted by atomic mass is 16.6. The Labute approximate surface area is 211 Å². The molecule has 1 saturated heterocycles. The number of ether oxygens (including phenoxy) is 3. The second-order valence-corrected chi connectivity index (χ2v) is 10.0. The maximum absolute atomic E-state index is 13.1. The lowest BCUT2D eigenvalue weighted by molar-refractivity contribution is -0.146. The van der Waals surface area contributed by atoms with E-state index >= 15 is 0 Å². The number of nitrogens with one attached hydrogen (secondary N) is 3. The predicted octanol–water partition coefficient (Wildman–Crippen LogP) is 2.10. The smallest absolute Gasteiger partial charge is 0.408 e. The third-order valence-electron chi connectivity index (χ3n) is 6.58. The fourth-order valence-corrected chi connectivity index (χ4v) is 4.46. The first kappa shape index (κ1) is 27.3. The van der Waals surface area contributed by atoms with Crippen molar-refractivity contribution in [2.45, 2.75) is 70.1 Å². The van der Waals surface area contributed by atoms with E-state index in [9.17, 15) is 19.2 Å². The van der Waals surface area contributed by atoms with Crippen LogP contribution >= 0.6 is 0 Å². The largest absolute Gasteiger partial charge is 0.497 e. The maximum Gasteiger partial charge on any atom is 0.408 e. The van der Waals surface area contributed by atoms with Gasteiger partial charge in [-0.05, 0) is 55.7 Å². The molecule has 3 unspecified atom stereocenters. The first-order valence-electron chi connectivity index (χ1n) is 12.4.